The molecular weight excluding hydrogens is 569 g/mol. The van der Waals surface area contributed by atoms with E-state index in [0.717, 1.165) is 22.8 Å². The molecule has 0 amide bonds. The number of nitrogens with two attached hydrogens (primary N) is 1. The van der Waals surface area contributed by atoms with Gasteiger partial charge in [0.25, 0.3) is 0 Å². The van der Waals surface area contributed by atoms with Gasteiger partial charge in [-0.2, -0.15) is 29.6 Å². The first-order valence-corrected chi connectivity index (χ1v) is 14.8. The summed E-state index contributed by atoms with van der Waals surface area (Å²) in [6, 6.07) is 22.6. The van der Waals surface area contributed by atoms with Crippen molar-refractivity contribution >= 4 is 32.4 Å². The molecule has 0 unspecified atom stereocenters. The van der Waals surface area contributed by atoms with Crippen LogP contribution in [0.5, 0.6) is 0 Å². The third kappa shape index (κ3) is 5.15. The summed E-state index contributed by atoms with van der Waals surface area (Å²) < 4.78 is 68.9. The molecule has 3 heterocycles. The van der Waals surface area contributed by atoms with Crippen LogP contribution in [0, 0.1) is 6.92 Å². The van der Waals surface area contributed by atoms with E-state index in [1.807, 2.05) is 35.9 Å². The van der Waals surface area contributed by atoms with E-state index in [4.69, 9.17) is 5.14 Å². The van der Waals surface area contributed by atoms with E-state index in [1.165, 1.54) is 28.9 Å². The van der Waals surface area contributed by atoms with Gasteiger partial charge in [0.05, 0.1) is 27.2 Å². The van der Waals surface area contributed by atoms with Gasteiger partial charge in [-0.15, -0.1) is 0 Å². The predicted octanol–water partition coefficient (Wildman–Crippen LogP) is 7.46. The first-order chi connectivity index (χ1) is 19.5. The van der Waals surface area contributed by atoms with Crippen molar-refractivity contribution in [3.63, 3.8) is 0 Å². The topological polar surface area (TPSA) is 90.9 Å². The lowest BCUT2D eigenvalue weighted by atomic mass is 10.0. The molecule has 0 saturated heterocycles. The number of hydrogen-bond acceptors (Lipinski definition) is 5. The average molecular weight is 591 g/mol. The quantitative estimate of drug-likeness (QED) is 0.226. The molecular formula is C30H21F3N4O2S2. The Morgan fingerprint density at radius 3 is 2.05 bits per heavy atom. The van der Waals surface area contributed by atoms with Gasteiger partial charge in [0.15, 0.2) is 5.65 Å². The van der Waals surface area contributed by atoms with Crippen molar-refractivity contribution in [1.29, 1.82) is 0 Å². The zero-order chi connectivity index (χ0) is 28.9. The van der Waals surface area contributed by atoms with E-state index in [2.05, 4.69) is 10.1 Å². The van der Waals surface area contributed by atoms with Crippen LogP contribution in [0.15, 0.2) is 101 Å². The predicted molar refractivity (Wildman–Crippen MR) is 154 cm³/mol. The van der Waals surface area contributed by atoms with Gasteiger partial charge in [-0.25, -0.2) is 23.2 Å². The molecule has 0 saturated carbocycles. The highest BCUT2D eigenvalue weighted by atomic mass is 32.2. The Kier molecular flexibility index (Phi) is 6.52. The molecule has 6 aromatic rings. The Balaban J connectivity index is 1.61. The maximum atomic E-state index is 14.7. The molecule has 0 aliphatic carbocycles. The second-order valence-corrected chi connectivity index (χ2v) is 11.8. The highest BCUT2D eigenvalue weighted by molar-refractivity contribution is 7.89. The van der Waals surface area contributed by atoms with Gasteiger partial charge in [0.2, 0.25) is 10.0 Å². The Hall–Kier alpha value is -4.32. The minimum Gasteiger partial charge on any atom is -0.228 e. The molecule has 206 valence electrons. The summed E-state index contributed by atoms with van der Waals surface area (Å²) in [5.41, 5.74) is 3.56. The first kappa shape index (κ1) is 26.9. The number of sulfonamides is 1. The molecule has 0 bridgehead atoms. The van der Waals surface area contributed by atoms with Crippen LogP contribution in [-0.2, 0) is 16.2 Å². The van der Waals surface area contributed by atoms with Crippen LogP contribution in [0.3, 0.4) is 0 Å². The molecule has 0 aliphatic heterocycles. The molecule has 41 heavy (non-hydrogen) atoms. The SMILES string of the molecule is Cc1ccc(-c2nn(-c3ccc(S(N)(=O)=O)cc3)c3nc(-c4ccc(-c5ccsc5)cc4)cc(C(F)(F)F)c23)cc1. The second kappa shape index (κ2) is 9.95. The van der Waals surface area contributed by atoms with Gasteiger partial charge in [0.1, 0.15) is 5.69 Å². The van der Waals surface area contributed by atoms with Crippen LogP contribution in [0.1, 0.15) is 11.1 Å². The summed E-state index contributed by atoms with van der Waals surface area (Å²) in [7, 11) is -3.97. The van der Waals surface area contributed by atoms with E-state index >= 15 is 0 Å². The van der Waals surface area contributed by atoms with Crippen molar-refractivity contribution in [2.45, 2.75) is 18.0 Å². The van der Waals surface area contributed by atoms with Gasteiger partial charge in [-0.05, 0) is 65.2 Å². The van der Waals surface area contributed by atoms with Gasteiger partial charge >= 0.3 is 6.18 Å². The molecule has 0 fully saturated rings. The lowest BCUT2D eigenvalue weighted by Crippen LogP contribution is -2.12. The van der Waals surface area contributed by atoms with Crippen molar-refractivity contribution in [3.05, 3.63) is 107 Å². The Bertz CT molecular complexity index is 1980. The van der Waals surface area contributed by atoms with E-state index in [9.17, 15) is 21.6 Å². The van der Waals surface area contributed by atoms with Crippen LogP contribution >= 0.6 is 11.3 Å². The number of aromatic nitrogens is 3. The zero-order valence-corrected chi connectivity index (χ0v) is 23.1. The third-order valence-electron chi connectivity index (χ3n) is 6.71. The summed E-state index contributed by atoms with van der Waals surface area (Å²) in [4.78, 5) is 4.55. The van der Waals surface area contributed by atoms with Crippen LogP contribution < -0.4 is 5.14 Å². The summed E-state index contributed by atoms with van der Waals surface area (Å²) in [6.07, 6.45) is -4.71. The molecule has 3 aromatic heterocycles. The number of benzene rings is 3. The fraction of sp³-hybridized carbons (Fsp3) is 0.0667. The Labute approximate surface area is 237 Å². The van der Waals surface area contributed by atoms with Gasteiger partial charge in [-0.3, -0.25) is 0 Å². The maximum Gasteiger partial charge on any atom is 0.417 e. The molecule has 6 nitrogen and oxygen atoms in total. The number of fused-ring (bicyclic) bond motifs is 1. The minimum atomic E-state index is -4.71. The molecule has 11 heteroatoms. The largest absolute Gasteiger partial charge is 0.417 e. The standard InChI is InChI=1S/C30H21F3N4O2S2/c1-18-2-4-21(5-3-18)28-27-25(30(31,32)33)16-26(20-8-6-19(7-9-20)22-14-15-40-17-22)35-29(27)37(36-28)23-10-12-24(13-11-23)41(34,38)39/h2-17H,1H3,(H2,34,38,39). The number of thiophene rings is 1. The third-order valence-corrected chi connectivity index (χ3v) is 8.33. The molecule has 0 spiro atoms. The molecule has 0 atom stereocenters. The summed E-state index contributed by atoms with van der Waals surface area (Å²) in [5, 5.41) is 13.6. The number of primary sulfonamides is 1. The van der Waals surface area contributed by atoms with Crippen LogP contribution in [0.4, 0.5) is 13.2 Å². The lowest BCUT2D eigenvalue weighted by Gasteiger charge is -2.13. The molecule has 6 rings (SSSR count). The van der Waals surface area contributed by atoms with E-state index in [0.29, 0.717) is 16.8 Å². The monoisotopic (exact) mass is 590 g/mol. The van der Waals surface area contributed by atoms with E-state index in [-0.39, 0.29) is 27.3 Å². The van der Waals surface area contributed by atoms with Crippen LogP contribution in [-0.4, -0.2) is 23.2 Å². The highest BCUT2D eigenvalue weighted by Gasteiger charge is 2.36. The first-order valence-electron chi connectivity index (χ1n) is 12.3. The number of pyridine rings is 1. The van der Waals surface area contributed by atoms with Crippen molar-refractivity contribution in [3.8, 4) is 39.3 Å². The second-order valence-electron chi connectivity index (χ2n) is 9.51. The van der Waals surface area contributed by atoms with E-state index in [1.54, 1.807) is 47.7 Å². The minimum absolute atomic E-state index is 0.0179. The number of rotatable bonds is 5. The van der Waals surface area contributed by atoms with Crippen molar-refractivity contribution in [2.24, 2.45) is 5.14 Å². The Morgan fingerprint density at radius 2 is 1.46 bits per heavy atom. The normalized spacial score (nSPS) is 12.2. The maximum absolute atomic E-state index is 14.7. The number of halogens is 3. The fourth-order valence-electron chi connectivity index (χ4n) is 4.62. The summed E-state index contributed by atoms with van der Waals surface area (Å²) in [5.74, 6) is 0. The molecule has 0 radical (unpaired) electrons. The van der Waals surface area contributed by atoms with Crippen LogP contribution in [0.25, 0.3) is 50.4 Å². The molecule has 3 aromatic carbocycles. The van der Waals surface area contributed by atoms with Crippen molar-refractivity contribution < 1.29 is 21.6 Å². The van der Waals surface area contributed by atoms with Gasteiger partial charge in [0, 0.05) is 11.1 Å². The van der Waals surface area contributed by atoms with Gasteiger partial charge < -0.3 is 0 Å². The average Bonchev–Trinajstić information content (AvgIpc) is 3.61. The highest BCUT2D eigenvalue weighted by Crippen LogP contribution is 2.42. The molecule has 2 N–H and O–H groups in total. The van der Waals surface area contributed by atoms with E-state index < -0.39 is 21.8 Å². The number of nitrogens with zero attached hydrogens (tertiary/aromatic N) is 3. The smallest absolute Gasteiger partial charge is 0.228 e. The fourth-order valence-corrected chi connectivity index (χ4v) is 5.80. The zero-order valence-electron chi connectivity index (χ0n) is 21.4. The number of hydrogen-bond donors (Lipinski definition) is 1. The van der Waals surface area contributed by atoms with Gasteiger partial charge in [-0.1, -0.05) is 54.1 Å². The Morgan fingerprint density at radius 1 is 0.829 bits per heavy atom. The number of alkyl halides is 3. The number of aryl methyl sites for hydroxylation is 1. The van der Waals surface area contributed by atoms with Crippen molar-refractivity contribution in [1.82, 2.24) is 14.8 Å². The lowest BCUT2D eigenvalue weighted by molar-refractivity contribution is -0.136. The molecule has 0 aliphatic rings. The van der Waals surface area contributed by atoms with Crippen LogP contribution in [0.2, 0.25) is 0 Å². The van der Waals surface area contributed by atoms with Crippen molar-refractivity contribution in [2.75, 3.05) is 0 Å². The summed E-state index contributed by atoms with van der Waals surface area (Å²) >= 11 is 1.56. The summed E-state index contributed by atoms with van der Waals surface area (Å²) in [6.45, 7) is 1.88.